The van der Waals surface area contributed by atoms with Crippen LogP contribution in [0.25, 0.3) is 10.9 Å². The summed E-state index contributed by atoms with van der Waals surface area (Å²) in [6.07, 6.45) is 1.70. The Morgan fingerprint density at radius 2 is 1.68 bits per heavy atom. The maximum atomic E-state index is 13.1. The van der Waals surface area contributed by atoms with Crippen molar-refractivity contribution in [2.75, 3.05) is 26.2 Å². The molecule has 4 rings (SSSR count). The number of aromatic nitrogens is 1. The van der Waals surface area contributed by atoms with Crippen LogP contribution in [0.4, 0.5) is 4.39 Å². The van der Waals surface area contributed by atoms with E-state index < -0.39 is 15.8 Å². The topological polar surface area (TPSA) is 70.6 Å². The van der Waals surface area contributed by atoms with Crippen LogP contribution in [0.3, 0.4) is 0 Å². The van der Waals surface area contributed by atoms with E-state index in [0.29, 0.717) is 18.7 Å². The zero-order valence-electron chi connectivity index (χ0n) is 15.0. The molecule has 0 saturated carbocycles. The third-order valence-electron chi connectivity index (χ3n) is 4.83. The maximum absolute atomic E-state index is 13.1. The smallest absolute Gasteiger partial charge is 0.253 e. The van der Waals surface area contributed by atoms with Crippen LogP contribution in [0, 0.1) is 5.82 Å². The Morgan fingerprint density at radius 3 is 2.39 bits per heavy atom. The van der Waals surface area contributed by atoms with E-state index in [1.165, 1.54) is 16.4 Å². The molecule has 6 nitrogen and oxygen atoms in total. The summed E-state index contributed by atoms with van der Waals surface area (Å²) >= 11 is 0. The Hall–Kier alpha value is -2.84. The van der Waals surface area contributed by atoms with Crippen LogP contribution in [0.15, 0.2) is 65.7 Å². The first-order chi connectivity index (χ1) is 13.4. The molecule has 0 aliphatic carbocycles. The minimum absolute atomic E-state index is 0.0516. The number of carbonyl (C=O) groups is 1. The van der Waals surface area contributed by atoms with Crippen molar-refractivity contribution < 1.29 is 17.6 Å². The number of halogens is 1. The fourth-order valence-corrected chi connectivity index (χ4v) is 4.70. The zero-order chi connectivity index (χ0) is 19.7. The second-order valence-corrected chi connectivity index (χ2v) is 8.50. The van der Waals surface area contributed by atoms with Crippen molar-refractivity contribution >= 4 is 26.8 Å². The lowest BCUT2D eigenvalue weighted by atomic mass is 10.1. The van der Waals surface area contributed by atoms with E-state index in [1.54, 1.807) is 29.3 Å². The Labute approximate surface area is 162 Å². The number of sulfonamides is 1. The molecule has 0 atom stereocenters. The monoisotopic (exact) mass is 399 g/mol. The fourth-order valence-electron chi connectivity index (χ4n) is 3.28. The first kappa shape index (κ1) is 18.5. The number of benzene rings is 2. The zero-order valence-corrected chi connectivity index (χ0v) is 15.8. The number of pyridine rings is 1. The van der Waals surface area contributed by atoms with Crippen LogP contribution in [0.2, 0.25) is 0 Å². The molecule has 2 aromatic carbocycles. The van der Waals surface area contributed by atoms with Gasteiger partial charge < -0.3 is 4.90 Å². The predicted molar refractivity (Wildman–Crippen MR) is 103 cm³/mol. The second kappa shape index (κ2) is 7.29. The summed E-state index contributed by atoms with van der Waals surface area (Å²) in [7, 11) is -3.70. The normalized spacial score (nSPS) is 15.7. The maximum Gasteiger partial charge on any atom is 0.253 e. The molecule has 0 bridgehead atoms. The molecule has 0 radical (unpaired) electrons. The number of hydrogen-bond acceptors (Lipinski definition) is 4. The van der Waals surface area contributed by atoms with E-state index >= 15 is 0 Å². The molecule has 1 amide bonds. The van der Waals surface area contributed by atoms with E-state index in [4.69, 9.17) is 0 Å². The fraction of sp³-hybridized carbons (Fsp3) is 0.200. The summed E-state index contributed by atoms with van der Waals surface area (Å²) in [5, 5.41) is 0.880. The highest BCUT2D eigenvalue weighted by atomic mass is 32.2. The van der Waals surface area contributed by atoms with Gasteiger partial charge in [0.25, 0.3) is 5.91 Å². The third-order valence-corrected chi connectivity index (χ3v) is 6.74. The molecule has 0 unspecified atom stereocenters. The second-order valence-electron chi connectivity index (χ2n) is 6.56. The highest BCUT2D eigenvalue weighted by Crippen LogP contribution is 2.20. The average molecular weight is 399 g/mol. The molecule has 28 heavy (non-hydrogen) atoms. The SMILES string of the molecule is O=C(c1ccc2ncccc2c1)N1CCN(S(=O)(=O)c2ccc(F)cc2)CC1. The van der Waals surface area contributed by atoms with Crippen LogP contribution in [0.5, 0.6) is 0 Å². The van der Waals surface area contributed by atoms with Gasteiger partial charge in [0, 0.05) is 43.3 Å². The summed E-state index contributed by atoms with van der Waals surface area (Å²) in [5.41, 5.74) is 1.37. The highest BCUT2D eigenvalue weighted by Gasteiger charge is 2.30. The predicted octanol–water partition coefficient (Wildman–Crippen LogP) is 2.52. The number of amides is 1. The van der Waals surface area contributed by atoms with Gasteiger partial charge in [-0.15, -0.1) is 0 Å². The minimum atomic E-state index is -3.70. The van der Waals surface area contributed by atoms with Crippen LogP contribution >= 0.6 is 0 Å². The standard InChI is InChI=1S/C20H18FN3O3S/c21-17-4-6-18(7-5-17)28(26,27)24-12-10-23(11-13-24)20(25)16-3-8-19-15(14-16)2-1-9-22-19/h1-9,14H,10-13H2. The largest absolute Gasteiger partial charge is 0.336 e. The lowest BCUT2D eigenvalue weighted by Gasteiger charge is -2.34. The quantitative estimate of drug-likeness (QED) is 0.679. The molecule has 3 aromatic rings. The van der Waals surface area contributed by atoms with Crippen molar-refractivity contribution in [3.05, 3.63) is 72.2 Å². The molecule has 1 aromatic heterocycles. The summed E-state index contributed by atoms with van der Waals surface area (Å²) in [5.74, 6) is -0.621. The summed E-state index contributed by atoms with van der Waals surface area (Å²) in [4.78, 5) is 18.7. The van der Waals surface area contributed by atoms with Gasteiger partial charge in [-0.1, -0.05) is 6.07 Å². The van der Waals surface area contributed by atoms with Crippen molar-refractivity contribution in [2.45, 2.75) is 4.90 Å². The van der Waals surface area contributed by atoms with Crippen molar-refractivity contribution in [1.82, 2.24) is 14.2 Å². The molecule has 8 heteroatoms. The molecule has 1 saturated heterocycles. The summed E-state index contributed by atoms with van der Waals surface area (Å²) in [6.45, 7) is 0.982. The molecule has 0 N–H and O–H groups in total. The van der Waals surface area contributed by atoms with E-state index in [9.17, 15) is 17.6 Å². The van der Waals surface area contributed by atoms with Crippen LogP contribution in [-0.2, 0) is 10.0 Å². The van der Waals surface area contributed by atoms with Gasteiger partial charge in [-0.25, -0.2) is 12.8 Å². The molecule has 1 aliphatic rings. The number of carbonyl (C=O) groups excluding carboxylic acids is 1. The number of nitrogens with zero attached hydrogens (tertiary/aromatic N) is 3. The number of rotatable bonds is 3. The summed E-state index contributed by atoms with van der Waals surface area (Å²) < 4.78 is 39.8. The van der Waals surface area contributed by atoms with Crippen molar-refractivity contribution in [3.63, 3.8) is 0 Å². The van der Waals surface area contributed by atoms with Gasteiger partial charge in [0.15, 0.2) is 0 Å². The Morgan fingerprint density at radius 1 is 0.964 bits per heavy atom. The summed E-state index contributed by atoms with van der Waals surface area (Å²) in [6, 6.07) is 13.8. The lowest BCUT2D eigenvalue weighted by Crippen LogP contribution is -2.50. The van der Waals surface area contributed by atoms with Gasteiger partial charge in [-0.2, -0.15) is 4.31 Å². The molecule has 0 spiro atoms. The number of hydrogen-bond donors (Lipinski definition) is 0. The van der Waals surface area contributed by atoms with Crippen molar-refractivity contribution in [3.8, 4) is 0 Å². The van der Waals surface area contributed by atoms with E-state index in [-0.39, 0.29) is 23.9 Å². The first-order valence-corrected chi connectivity index (χ1v) is 10.3. The molecular formula is C20H18FN3O3S. The highest BCUT2D eigenvalue weighted by molar-refractivity contribution is 7.89. The minimum Gasteiger partial charge on any atom is -0.336 e. The van der Waals surface area contributed by atoms with Crippen LogP contribution in [0.1, 0.15) is 10.4 Å². The molecule has 1 aliphatic heterocycles. The number of piperazine rings is 1. The molecular weight excluding hydrogens is 381 g/mol. The Bertz CT molecular complexity index is 1120. The van der Waals surface area contributed by atoms with Gasteiger partial charge in [0.2, 0.25) is 10.0 Å². The van der Waals surface area contributed by atoms with Gasteiger partial charge in [-0.3, -0.25) is 9.78 Å². The van der Waals surface area contributed by atoms with Crippen molar-refractivity contribution in [1.29, 1.82) is 0 Å². The molecule has 2 heterocycles. The van der Waals surface area contributed by atoms with E-state index in [2.05, 4.69) is 4.98 Å². The third kappa shape index (κ3) is 3.48. The molecule has 144 valence electrons. The Kier molecular flexibility index (Phi) is 4.82. The lowest BCUT2D eigenvalue weighted by molar-refractivity contribution is 0.0698. The van der Waals surface area contributed by atoms with Crippen LogP contribution in [-0.4, -0.2) is 54.7 Å². The van der Waals surface area contributed by atoms with Gasteiger partial charge in [-0.05, 0) is 48.5 Å². The van der Waals surface area contributed by atoms with Crippen molar-refractivity contribution in [2.24, 2.45) is 0 Å². The van der Waals surface area contributed by atoms with E-state index in [1.807, 2.05) is 12.1 Å². The van der Waals surface area contributed by atoms with Crippen LogP contribution < -0.4 is 0 Å². The Balaban J connectivity index is 1.47. The first-order valence-electron chi connectivity index (χ1n) is 8.85. The van der Waals surface area contributed by atoms with E-state index in [0.717, 1.165) is 23.0 Å². The van der Waals surface area contributed by atoms with Gasteiger partial charge in [0.1, 0.15) is 5.82 Å². The number of fused-ring (bicyclic) bond motifs is 1. The average Bonchev–Trinajstić information content (AvgIpc) is 2.73. The van der Waals surface area contributed by atoms with Gasteiger partial charge >= 0.3 is 0 Å². The molecule has 1 fully saturated rings. The van der Waals surface area contributed by atoms with Gasteiger partial charge in [0.05, 0.1) is 10.4 Å².